The lowest BCUT2D eigenvalue weighted by atomic mass is 9.60. The SMILES string of the molecule is CCOC(=O)/C=C/C1=C[C@H]2C[C@H](C)C[C@H](O)[C@@H]2[C@@H](C=O)[C@H]1C. The number of esters is 1. The van der Waals surface area contributed by atoms with Crippen molar-refractivity contribution in [1.29, 1.82) is 0 Å². The number of hydrogen-bond acceptors (Lipinski definition) is 4. The van der Waals surface area contributed by atoms with E-state index in [1.54, 1.807) is 13.0 Å². The summed E-state index contributed by atoms with van der Waals surface area (Å²) >= 11 is 0. The van der Waals surface area contributed by atoms with Gasteiger partial charge in [0.2, 0.25) is 0 Å². The Bertz CT molecular complexity index is 479. The van der Waals surface area contributed by atoms with Crippen LogP contribution >= 0.6 is 0 Å². The lowest BCUT2D eigenvalue weighted by molar-refractivity contribution is -0.137. The zero-order valence-electron chi connectivity index (χ0n) is 13.6. The Morgan fingerprint density at radius 1 is 1.41 bits per heavy atom. The number of aliphatic hydroxyl groups is 1. The molecule has 22 heavy (non-hydrogen) atoms. The Morgan fingerprint density at radius 3 is 2.77 bits per heavy atom. The van der Waals surface area contributed by atoms with E-state index in [4.69, 9.17) is 4.74 Å². The van der Waals surface area contributed by atoms with E-state index in [1.807, 2.05) is 6.92 Å². The van der Waals surface area contributed by atoms with Gasteiger partial charge in [-0.25, -0.2) is 4.79 Å². The smallest absolute Gasteiger partial charge is 0.330 e. The second kappa shape index (κ2) is 7.23. The minimum Gasteiger partial charge on any atom is -0.463 e. The molecule has 6 atom stereocenters. The molecule has 0 aromatic carbocycles. The predicted molar refractivity (Wildman–Crippen MR) is 84.0 cm³/mol. The molecule has 2 aliphatic rings. The van der Waals surface area contributed by atoms with Crippen LogP contribution in [0.3, 0.4) is 0 Å². The van der Waals surface area contributed by atoms with E-state index in [1.165, 1.54) is 6.08 Å². The van der Waals surface area contributed by atoms with Crippen molar-refractivity contribution in [2.45, 2.75) is 39.7 Å². The summed E-state index contributed by atoms with van der Waals surface area (Å²) in [5, 5.41) is 10.4. The van der Waals surface area contributed by atoms with E-state index in [-0.39, 0.29) is 29.6 Å². The first-order valence-electron chi connectivity index (χ1n) is 8.17. The summed E-state index contributed by atoms with van der Waals surface area (Å²) in [7, 11) is 0. The van der Waals surface area contributed by atoms with Gasteiger partial charge in [0.1, 0.15) is 6.29 Å². The Balaban J connectivity index is 2.25. The molecule has 0 aliphatic heterocycles. The molecule has 0 radical (unpaired) electrons. The summed E-state index contributed by atoms with van der Waals surface area (Å²) in [6, 6.07) is 0. The molecule has 2 aliphatic carbocycles. The molecule has 2 rings (SSSR count). The quantitative estimate of drug-likeness (QED) is 0.492. The third-order valence-corrected chi connectivity index (χ3v) is 5.07. The minimum atomic E-state index is -0.418. The first-order chi connectivity index (χ1) is 10.5. The third-order valence-electron chi connectivity index (χ3n) is 5.07. The van der Waals surface area contributed by atoms with Crippen LogP contribution in [0.15, 0.2) is 23.8 Å². The third kappa shape index (κ3) is 3.49. The number of aldehydes is 1. The Labute approximate surface area is 132 Å². The van der Waals surface area contributed by atoms with Gasteiger partial charge in [0.25, 0.3) is 0 Å². The number of carbonyl (C=O) groups is 2. The summed E-state index contributed by atoms with van der Waals surface area (Å²) in [6.45, 7) is 6.24. The fraction of sp³-hybridized carbons (Fsp3) is 0.667. The Morgan fingerprint density at radius 2 is 2.14 bits per heavy atom. The minimum absolute atomic E-state index is 0.00319. The highest BCUT2D eigenvalue weighted by atomic mass is 16.5. The zero-order valence-corrected chi connectivity index (χ0v) is 13.6. The van der Waals surface area contributed by atoms with Crippen molar-refractivity contribution in [1.82, 2.24) is 0 Å². The second-order valence-electron chi connectivity index (χ2n) is 6.64. The zero-order chi connectivity index (χ0) is 16.3. The van der Waals surface area contributed by atoms with Crippen molar-refractivity contribution < 1.29 is 19.4 Å². The molecule has 1 N–H and O–H groups in total. The van der Waals surface area contributed by atoms with Crippen LogP contribution < -0.4 is 0 Å². The fourth-order valence-electron chi connectivity index (χ4n) is 4.02. The first-order valence-corrected chi connectivity index (χ1v) is 8.17. The summed E-state index contributed by atoms with van der Waals surface area (Å²) in [4.78, 5) is 23.1. The Hall–Kier alpha value is -1.42. The highest BCUT2D eigenvalue weighted by molar-refractivity contribution is 5.82. The monoisotopic (exact) mass is 306 g/mol. The predicted octanol–water partition coefficient (Wildman–Crippen LogP) is 2.52. The van der Waals surface area contributed by atoms with Crippen molar-refractivity contribution in [2.75, 3.05) is 6.61 Å². The van der Waals surface area contributed by atoms with Crippen molar-refractivity contribution >= 4 is 12.3 Å². The van der Waals surface area contributed by atoms with Gasteiger partial charge in [-0.15, -0.1) is 0 Å². The Kier molecular flexibility index (Phi) is 5.57. The van der Waals surface area contributed by atoms with E-state index in [0.29, 0.717) is 12.5 Å². The maximum Gasteiger partial charge on any atom is 0.330 e. The molecular weight excluding hydrogens is 280 g/mol. The van der Waals surface area contributed by atoms with Crippen LogP contribution in [0, 0.1) is 29.6 Å². The number of allylic oxidation sites excluding steroid dienone is 3. The molecule has 1 saturated carbocycles. The van der Waals surface area contributed by atoms with E-state index in [9.17, 15) is 14.7 Å². The van der Waals surface area contributed by atoms with Crippen molar-refractivity contribution in [3.8, 4) is 0 Å². The van der Waals surface area contributed by atoms with Crippen LogP contribution in [0.4, 0.5) is 0 Å². The molecule has 4 nitrogen and oxygen atoms in total. The van der Waals surface area contributed by atoms with Crippen LogP contribution in [-0.2, 0) is 14.3 Å². The molecular formula is C18H26O4. The fourth-order valence-corrected chi connectivity index (χ4v) is 4.02. The highest BCUT2D eigenvalue weighted by Gasteiger charge is 2.44. The maximum atomic E-state index is 11.6. The topological polar surface area (TPSA) is 63.6 Å². The lowest BCUT2D eigenvalue weighted by Crippen LogP contribution is -2.45. The summed E-state index contributed by atoms with van der Waals surface area (Å²) in [5.41, 5.74) is 0.993. The number of rotatable bonds is 4. The number of aliphatic hydroxyl groups excluding tert-OH is 1. The van der Waals surface area contributed by atoms with Gasteiger partial charge in [0, 0.05) is 17.9 Å². The van der Waals surface area contributed by atoms with Gasteiger partial charge in [-0.1, -0.05) is 26.0 Å². The van der Waals surface area contributed by atoms with Gasteiger partial charge in [0.05, 0.1) is 12.7 Å². The van der Waals surface area contributed by atoms with E-state index >= 15 is 0 Å². The number of hydrogen-bond donors (Lipinski definition) is 1. The van der Waals surface area contributed by atoms with Gasteiger partial charge in [-0.05, 0) is 43.1 Å². The van der Waals surface area contributed by atoms with Crippen LogP contribution in [0.2, 0.25) is 0 Å². The van der Waals surface area contributed by atoms with Gasteiger partial charge >= 0.3 is 5.97 Å². The van der Waals surface area contributed by atoms with Crippen molar-refractivity contribution in [2.24, 2.45) is 29.6 Å². The van der Waals surface area contributed by atoms with Gasteiger partial charge < -0.3 is 14.6 Å². The van der Waals surface area contributed by atoms with Crippen LogP contribution in [-0.4, -0.2) is 30.1 Å². The van der Waals surface area contributed by atoms with Gasteiger partial charge in [-0.2, -0.15) is 0 Å². The molecule has 0 heterocycles. The average Bonchev–Trinajstić information content (AvgIpc) is 2.46. The van der Waals surface area contributed by atoms with E-state index < -0.39 is 6.10 Å². The molecule has 0 unspecified atom stereocenters. The van der Waals surface area contributed by atoms with E-state index in [2.05, 4.69) is 13.0 Å². The number of carbonyl (C=O) groups excluding carboxylic acids is 2. The largest absolute Gasteiger partial charge is 0.463 e. The van der Waals surface area contributed by atoms with E-state index in [0.717, 1.165) is 24.7 Å². The standard InChI is InChI=1S/C18H26O4/c1-4-22-17(21)6-5-13-9-14-7-11(2)8-16(20)18(14)15(10-19)12(13)3/h5-6,9-12,14-16,18,20H,4,7-8H2,1-3H3/b6-5+/t11-,12-,14+,15-,16-,18-/m0/s1. The van der Waals surface area contributed by atoms with Crippen molar-refractivity contribution in [3.63, 3.8) is 0 Å². The first kappa shape index (κ1) is 16.9. The summed E-state index contributed by atoms with van der Waals surface area (Å²) in [6.07, 6.45) is 7.64. The van der Waals surface area contributed by atoms with Crippen LogP contribution in [0.5, 0.6) is 0 Å². The van der Waals surface area contributed by atoms with Crippen LogP contribution in [0.1, 0.15) is 33.6 Å². The van der Waals surface area contributed by atoms with Gasteiger partial charge in [-0.3, -0.25) is 0 Å². The molecule has 0 bridgehead atoms. The molecule has 0 aromatic rings. The van der Waals surface area contributed by atoms with Crippen LogP contribution in [0.25, 0.3) is 0 Å². The summed E-state index contributed by atoms with van der Waals surface area (Å²) < 4.78 is 4.90. The molecule has 0 amide bonds. The number of ether oxygens (including phenoxy) is 1. The summed E-state index contributed by atoms with van der Waals surface area (Å²) in [5.74, 6) is 0.100. The molecule has 0 spiro atoms. The average molecular weight is 306 g/mol. The molecule has 0 aromatic heterocycles. The number of fused-ring (bicyclic) bond motifs is 1. The second-order valence-corrected chi connectivity index (χ2v) is 6.64. The normalized spacial score (nSPS) is 38.3. The molecule has 1 fully saturated rings. The molecule has 0 saturated heterocycles. The highest BCUT2D eigenvalue weighted by Crippen LogP contribution is 2.46. The van der Waals surface area contributed by atoms with Crippen molar-refractivity contribution in [3.05, 3.63) is 23.8 Å². The lowest BCUT2D eigenvalue weighted by Gasteiger charge is -2.45. The molecule has 122 valence electrons. The molecule has 4 heteroatoms. The maximum absolute atomic E-state index is 11.6. The van der Waals surface area contributed by atoms with Gasteiger partial charge in [0.15, 0.2) is 0 Å².